The quantitative estimate of drug-likeness (QED) is 0.0853. The third kappa shape index (κ3) is 6.99. The van der Waals surface area contributed by atoms with E-state index < -0.39 is 23.9 Å². The van der Waals surface area contributed by atoms with Gasteiger partial charge in [-0.25, -0.2) is 29.1 Å². The second kappa shape index (κ2) is 15.9. The fourth-order valence-corrected chi connectivity index (χ4v) is 7.89. The molecule has 0 spiro atoms. The van der Waals surface area contributed by atoms with Gasteiger partial charge in [0.25, 0.3) is 0 Å². The molecule has 0 saturated carbocycles. The molecule has 2 aliphatic rings. The summed E-state index contributed by atoms with van der Waals surface area (Å²) >= 11 is 0. The molecule has 0 fully saturated rings. The summed E-state index contributed by atoms with van der Waals surface area (Å²) in [6.07, 6.45) is 6.91. The van der Waals surface area contributed by atoms with Gasteiger partial charge in [-0.05, 0) is 72.8 Å². The van der Waals surface area contributed by atoms with Crippen LogP contribution in [0, 0.1) is 0 Å². The van der Waals surface area contributed by atoms with Gasteiger partial charge in [0.2, 0.25) is 0 Å². The van der Waals surface area contributed by atoms with Gasteiger partial charge in [0, 0.05) is 83.4 Å². The van der Waals surface area contributed by atoms with Crippen molar-refractivity contribution in [2.45, 2.75) is 0 Å². The van der Waals surface area contributed by atoms with Gasteiger partial charge >= 0.3 is 23.9 Å². The molecule has 0 aliphatic carbocycles. The number of nitrogens with one attached hydrogen (secondary N) is 2. The van der Waals surface area contributed by atoms with Crippen LogP contribution in [-0.2, 0) is 16.8 Å². The molecule has 7 aromatic rings. The minimum Gasteiger partial charge on any atom is -0.478 e. The standard InChI is InChI=1S/C48H30N4O8.Co/c53-45(54)29-13-5-1-9-25(29)41-33-17-19-35(49-33)42(26-10-2-6-14-30(26)46(55)56)37-21-23-39(51-37)44(28-12-4-8-16-32(28)48(59)60)40-24-22-38(52-40)43(36-20-18-34(41)50-36)27-11-3-7-15-31(27)47(57)58;/h1-24,49,52H,(H,53,54)(H,55,56)(H,57,58)(H,59,60);. The van der Waals surface area contributed by atoms with E-state index in [4.69, 9.17) is 9.97 Å². The topological polar surface area (TPSA) is 207 Å². The number of fused-ring (bicyclic) bond motifs is 8. The predicted octanol–water partition coefficient (Wildman–Crippen LogP) is 10.1. The largest absolute Gasteiger partial charge is 0.478 e. The van der Waals surface area contributed by atoms with Gasteiger partial charge in [0.1, 0.15) is 0 Å². The number of hydrogen-bond acceptors (Lipinski definition) is 6. The first-order valence-electron chi connectivity index (χ1n) is 18.6. The summed E-state index contributed by atoms with van der Waals surface area (Å²) in [6, 6.07) is 33.1. The monoisotopic (exact) mass is 849 g/mol. The number of nitrogens with zero attached hydrogens (tertiary/aromatic N) is 2. The zero-order chi connectivity index (χ0) is 41.7. The van der Waals surface area contributed by atoms with E-state index in [0.29, 0.717) is 89.4 Å². The van der Waals surface area contributed by atoms with Crippen molar-refractivity contribution in [2.75, 3.05) is 0 Å². The van der Waals surface area contributed by atoms with Crippen LogP contribution >= 0.6 is 0 Å². The summed E-state index contributed by atoms with van der Waals surface area (Å²) in [7, 11) is 0. The fraction of sp³-hybridized carbons (Fsp3) is 0. The third-order valence-corrected chi connectivity index (χ3v) is 10.5. The van der Waals surface area contributed by atoms with Crippen molar-refractivity contribution in [3.8, 4) is 44.5 Å². The van der Waals surface area contributed by atoms with Crippen molar-refractivity contribution in [2.24, 2.45) is 0 Å². The Morgan fingerprint density at radius 1 is 0.344 bits per heavy atom. The first kappa shape index (κ1) is 39.7. The summed E-state index contributed by atoms with van der Waals surface area (Å²) < 4.78 is 0. The smallest absolute Gasteiger partial charge is 0.336 e. The maximum atomic E-state index is 12.7. The Balaban J connectivity index is 0.00000514. The molecule has 0 saturated heterocycles. The van der Waals surface area contributed by atoms with Gasteiger partial charge in [0.05, 0.1) is 45.0 Å². The van der Waals surface area contributed by atoms with E-state index in [0.717, 1.165) is 0 Å². The van der Waals surface area contributed by atoms with E-state index >= 15 is 0 Å². The number of carboxylic acids is 4. The molecule has 0 atom stereocenters. The van der Waals surface area contributed by atoms with Gasteiger partial charge in [0.15, 0.2) is 0 Å². The summed E-state index contributed by atoms with van der Waals surface area (Å²) in [4.78, 5) is 67.9. The molecule has 299 valence electrons. The van der Waals surface area contributed by atoms with E-state index in [1.165, 1.54) is 24.3 Å². The van der Waals surface area contributed by atoms with Crippen molar-refractivity contribution in [1.29, 1.82) is 0 Å². The third-order valence-electron chi connectivity index (χ3n) is 10.5. The van der Waals surface area contributed by atoms with Crippen LogP contribution in [0.25, 0.3) is 90.9 Å². The second-order valence-electron chi connectivity index (χ2n) is 13.9. The van der Waals surface area contributed by atoms with E-state index in [9.17, 15) is 39.6 Å². The predicted molar refractivity (Wildman–Crippen MR) is 228 cm³/mol. The maximum absolute atomic E-state index is 12.7. The van der Waals surface area contributed by atoms with E-state index in [2.05, 4.69) is 9.97 Å². The van der Waals surface area contributed by atoms with Gasteiger partial charge in [-0.15, -0.1) is 0 Å². The van der Waals surface area contributed by atoms with Crippen molar-refractivity contribution in [3.05, 3.63) is 166 Å². The minimum absolute atomic E-state index is 0. The zero-order valence-corrected chi connectivity index (χ0v) is 32.5. The van der Waals surface area contributed by atoms with Crippen LogP contribution in [0.4, 0.5) is 0 Å². The van der Waals surface area contributed by atoms with E-state index in [-0.39, 0.29) is 39.0 Å². The summed E-state index contributed by atoms with van der Waals surface area (Å²) in [5.41, 5.74) is 6.29. The molecule has 8 bridgehead atoms. The number of aromatic amines is 2. The van der Waals surface area contributed by atoms with Gasteiger partial charge in [-0.3, -0.25) is 0 Å². The number of benzene rings is 4. The number of aromatic carboxylic acids is 4. The number of H-pyrrole nitrogens is 2. The van der Waals surface area contributed by atoms with Crippen LogP contribution in [0.3, 0.4) is 0 Å². The van der Waals surface area contributed by atoms with Crippen molar-refractivity contribution in [1.82, 2.24) is 19.9 Å². The maximum Gasteiger partial charge on any atom is 0.336 e. The summed E-state index contributed by atoms with van der Waals surface area (Å²) in [5.74, 6) is -4.67. The Hall–Kier alpha value is -8.13. The Kier molecular flexibility index (Phi) is 10.3. The van der Waals surface area contributed by atoms with Crippen molar-refractivity contribution >= 4 is 70.2 Å². The van der Waals surface area contributed by atoms with E-state index in [1.807, 2.05) is 0 Å². The van der Waals surface area contributed by atoms with Crippen LogP contribution in [0.1, 0.15) is 64.2 Å². The molecular weight excluding hydrogens is 819 g/mol. The molecule has 0 amide bonds. The molecule has 6 N–H and O–H groups in total. The molecule has 3 aromatic heterocycles. The van der Waals surface area contributed by atoms with Crippen LogP contribution in [0.15, 0.2) is 121 Å². The first-order chi connectivity index (χ1) is 29.1. The van der Waals surface area contributed by atoms with Crippen molar-refractivity contribution in [3.63, 3.8) is 0 Å². The van der Waals surface area contributed by atoms with Crippen LogP contribution in [0.2, 0.25) is 0 Å². The number of rotatable bonds is 8. The van der Waals surface area contributed by atoms with E-state index in [1.54, 1.807) is 121 Å². The summed E-state index contributed by atoms with van der Waals surface area (Å²) in [6.45, 7) is 0. The Bertz CT molecular complexity index is 2830. The van der Waals surface area contributed by atoms with Crippen LogP contribution < -0.4 is 0 Å². The number of carboxylic acid groups (broad SMARTS) is 4. The van der Waals surface area contributed by atoms with Crippen LogP contribution in [0.5, 0.6) is 0 Å². The molecule has 4 aromatic carbocycles. The fourth-order valence-electron chi connectivity index (χ4n) is 7.89. The molecule has 0 unspecified atom stereocenters. The molecular formula is C48H30CoN4O8. The molecule has 9 rings (SSSR count). The van der Waals surface area contributed by atoms with Crippen molar-refractivity contribution < 1.29 is 56.4 Å². The van der Waals surface area contributed by atoms with Crippen LogP contribution in [-0.4, -0.2) is 64.2 Å². The minimum atomic E-state index is -1.17. The molecule has 5 heterocycles. The molecule has 1 radical (unpaired) electrons. The Morgan fingerprint density at radius 2 is 0.557 bits per heavy atom. The van der Waals surface area contributed by atoms with Gasteiger partial charge in [-0.1, -0.05) is 72.8 Å². The normalized spacial score (nSPS) is 11.5. The Morgan fingerprint density at radius 3 is 0.770 bits per heavy atom. The number of carbonyl (C=O) groups is 4. The average molecular weight is 850 g/mol. The van der Waals surface area contributed by atoms with Gasteiger partial charge in [-0.2, -0.15) is 0 Å². The second-order valence-corrected chi connectivity index (χ2v) is 13.9. The number of hydrogen-bond donors (Lipinski definition) is 6. The molecule has 2 aliphatic heterocycles. The molecule has 61 heavy (non-hydrogen) atoms. The summed E-state index contributed by atoms with van der Waals surface area (Å²) in [5, 5.41) is 41.5. The van der Waals surface area contributed by atoms with Gasteiger partial charge < -0.3 is 30.4 Å². The first-order valence-corrected chi connectivity index (χ1v) is 18.6. The number of aromatic nitrogens is 4. The molecule has 12 nitrogen and oxygen atoms in total. The SMILES string of the molecule is O=C(O)c1ccccc1-c1c2nc(c(-c3ccccc3C(=O)O)c3ccc([nH]3)c(-c3ccccc3C(=O)O)c3nc(c(-c4ccccc4C(=O)O)c4ccc1[nH]4)C=C3)C=C2.[Co]. The Labute approximate surface area is 356 Å². The zero-order valence-electron chi connectivity index (χ0n) is 31.5. The average Bonchev–Trinajstić information content (AvgIpc) is 4.09. The molecule has 13 heteroatoms.